The van der Waals surface area contributed by atoms with Crippen molar-refractivity contribution in [1.29, 1.82) is 0 Å². The van der Waals surface area contributed by atoms with Crippen LogP contribution in [0.15, 0.2) is 66.7 Å². The summed E-state index contributed by atoms with van der Waals surface area (Å²) in [5.41, 5.74) is 4.13. The van der Waals surface area contributed by atoms with E-state index in [1.54, 1.807) is 30.4 Å². The molecule has 4 rings (SSSR count). The van der Waals surface area contributed by atoms with E-state index >= 15 is 0 Å². The molecule has 0 aliphatic heterocycles. The molecular formula is C26H18F6N2O2. The molecular weight excluding hydrogens is 486 g/mol. The molecule has 36 heavy (non-hydrogen) atoms. The third kappa shape index (κ3) is 5.59. The molecule has 10 heteroatoms. The van der Waals surface area contributed by atoms with Gasteiger partial charge in [0.25, 0.3) is 6.10 Å². The number of alkyl halides is 6. The maximum absolute atomic E-state index is 12.7. The van der Waals surface area contributed by atoms with Gasteiger partial charge in [-0.05, 0) is 54.0 Å². The molecule has 186 valence electrons. The quantitative estimate of drug-likeness (QED) is 0.219. The Bertz CT molecular complexity index is 1410. The molecule has 3 aromatic carbocycles. The summed E-state index contributed by atoms with van der Waals surface area (Å²) in [6.07, 6.45) is -11.9. The van der Waals surface area contributed by atoms with E-state index in [0.717, 1.165) is 28.8 Å². The molecule has 0 bridgehead atoms. The Labute approximate surface area is 201 Å². The highest BCUT2D eigenvalue weighted by Crippen LogP contribution is 2.36. The summed E-state index contributed by atoms with van der Waals surface area (Å²) in [4.78, 5) is 19.5. The first-order valence-corrected chi connectivity index (χ1v) is 10.6. The Morgan fingerprint density at radius 2 is 1.58 bits per heavy atom. The van der Waals surface area contributed by atoms with Crippen LogP contribution in [-0.4, -0.2) is 34.2 Å². The Morgan fingerprint density at radius 3 is 2.22 bits per heavy atom. The number of nitrogens with one attached hydrogen (secondary N) is 1. The number of nitrogens with zero attached hydrogens (tertiary/aromatic N) is 1. The van der Waals surface area contributed by atoms with Crippen molar-refractivity contribution in [3.05, 3.63) is 83.7 Å². The van der Waals surface area contributed by atoms with Crippen LogP contribution in [0.1, 0.15) is 28.7 Å². The van der Waals surface area contributed by atoms with Crippen molar-refractivity contribution in [2.45, 2.75) is 25.4 Å². The number of halogens is 6. The van der Waals surface area contributed by atoms with Gasteiger partial charge in [0.1, 0.15) is 11.6 Å². The first-order valence-electron chi connectivity index (χ1n) is 10.6. The van der Waals surface area contributed by atoms with Gasteiger partial charge in [-0.3, -0.25) is 4.79 Å². The molecule has 0 aliphatic rings. The Hall–Kier alpha value is -4.08. The van der Waals surface area contributed by atoms with Gasteiger partial charge < -0.3 is 9.72 Å². The number of hydrogen-bond donors (Lipinski definition) is 1. The number of ether oxygens (including phenoxy) is 1. The Balaban J connectivity index is 1.52. The van der Waals surface area contributed by atoms with Crippen molar-refractivity contribution in [2.24, 2.45) is 0 Å². The second-order valence-electron chi connectivity index (χ2n) is 7.94. The molecule has 0 saturated carbocycles. The number of fused-ring (bicyclic) bond motifs is 1. The lowest BCUT2D eigenvalue weighted by Gasteiger charge is -2.23. The molecule has 0 saturated heterocycles. The van der Waals surface area contributed by atoms with Crippen molar-refractivity contribution in [1.82, 2.24) is 9.97 Å². The zero-order valence-corrected chi connectivity index (χ0v) is 18.6. The summed E-state index contributed by atoms with van der Waals surface area (Å²) >= 11 is 0. The third-order valence-electron chi connectivity index (χ3n) is 5.28. The van der Waals surface area contributed by atoms with E-state index in [-0.39, 0.29) is 5.78 Å². The van der Waals surface area contributed by atoms with Crippen LogP contribution in [0.3, 0.4) is 0 Å². The maximum atomic E-state index is 12.7. The predicted molar refractivity (Wildman–Crippen MR) is 123 cm³/mol. The second kappa shape index (κ2) is 9.52. The number of carbonyl (C=O) groups is 1. The summed E-state index contributed by atoms with van der Waals surface area (Å²) in [5, 5.41) is 0. The highest BCUT2D eigenvalue weighted by molar-refractivity contribution is 6.01. The molecule has 1 heterocycles. The molecule has 1 aromatic heterocycles. The highest BCUT2D eigenvalue weighted by Gasteiger charge is 2.59. The van der Waals surface area contributed by atoms with E-state index in [9.17, 15) is 31.1 Å². The number of hydrogen-bond acceptors (Lipinski definition) is 3. The molecule has 0 aliphatic carbocycles. The van der Waals surface area contributed by atoms with E-state index in [2.05, 4.69) is 14.7 Å². The van der Waals surface area contributed by atoms with Gasteiger partial charge in [-0.2, -0.15) is 26.3 Å². The molecule has 1 N–H and O–H groups in total. The third-order valence-corrected chi connectivity index (χ3v) is 5.28. The minimum Gasteiger partial charge on any atom is -0.471 e. The lowest BCUT2D eigenvalue weighted by molar-refractivity contribution is -0.299. The number of Topliss-reactive ketones (excluding diaryl/α,β-unsaturated/α-hetero) is 1. The monoisotopic (exact) mass is 504 g/mol. The molecule has 0 spiro atoms. The molecule has 0 amide bonds. The van der Waals surface area contributed by atoms with Crippen LogP contribution in [0.25, 0.3) is 34.3 Å². The van der Waals surface area contributed by atoms with Gasteiger partial charge in [0, 0.05) is 5.56 Å². The van der Waals surface area contributed by atoms with Gasteiger partial charge in [0.2, 0.25) is 0 Å². The van der Waals surface area contributed by atoms with Gasteiger partial charge >= 0.3 is 12.4 Å². The second-order valence-corrected chi connectivity index (χ2v) is 7.94. The van der Waals surface area contributed by atoms with Crippen molar-refractivity contribution >= 4 is 29.0 Å². The summed E-state index contributed by atoms with van der Waals surface area (Å²) in [5.74, 6) is -0.131. The number of carbonyl (C=O) groups excluding carboxylic acids is 1. The lowest BCUT2D eigenvalue weighted by atomic mass is 9.97. The Kier molecular flexibility index (Phi) is 6.62. The average molecular weight is 504 g/mol. The minimum absolute atomic E-state index is 0.0531. The summed E-state index contributed by atoms with van der Waals surface area (Å²) in [6.45, 7) is 1.50. The molecule has 0 atom stereocenters. The standard InChI is InChI=1S/C26H18F6N2O2/c1-15(35)19-4-2-3-5-20(19)17-9-12-21-22(14-17)34-23(33-21)13-8-16-6-10-18(11-7-16)36-24(25(27,28)29)26(30,31)32/h2-14,24H,1H3,(H,33,34). The smallest absolute Gasteiger partial charge is 0.434 e. The minimum atomic E-state index is -5.59. The fourth-order valence-corrected chi connectivity index (χ4v) is 3.61. The van der Waals surface area contributed by atoms with Crippen LogP contribution in [0.5, 0.6) is 5.75 Å². The SMILES string of the molecule is CC(=O)c1ccccc1-c1ccc2nc(C=Cc3ccc(OC(C(F)(F)F)C(F)(F)F)cc3)[nH]c2c1. The van der Waals surface area contributed by atoms with Gasteiger partial charge in [0.15, 0.2) is 5.78 Å². The van der Waals surface area contributed by atoms with Crippen LogP contribution in [0.4, 0.5) is 26.3 Å². The number of aromatic nitrogens is 2. The van der Waals surface area contributed by atoms with E-state index < -0.39 is 24.2 Å². The number of aromatic amines is 1. The van der Waals surface area contributed by atoms with Gasteiger partial charge in [-0.25, -0.2) is 4.98 Å². The lowest BCUT2D eigenvalue weighted by Crippen LogP contribution is -2.46. The van der Waals surface area contributed by atoms with E-state index in [0.29, 0.717) is 22.5 Å². The number of benzene rings is 3. The molecule has 0 fully saturated rings. The van der Waals surface area contributed by atoms with Gasteiger partial charge in [-0.1, -0.05) is 48.5 Å². The molecule has 0 unspecified atom stereocenters. The summed E-state index contributed by atoms with van der Waals surface area (Å²) in [7, 11) is 0. The zero-order valence-electron chi connectivity index (χ0n) is 18.6. The Morgan fingerprint density at radius 1 is 0.917 bits per heavy atom. The number of H-pyrrole nitrogens is 1. The van der Waals surface area contributed by atoms with E-state index in [4.69, 9.17) is 0 Å². The molecule has 4 aromatic rings. The highest BCUT2D eigenvalue weighted by atomic mass is 19.4. The first kappa shape index (κ1) is 25.0. The topological polar surface area (TPSA) is 55.0 Å². The van der Waals surface area contributed by atoms with Crippen LogP contribution >= 0.6 is 0 Å². The number of ketones is 1. The van der Waals surface area contributed by atoms with Crippen molar-refractivity contribution in [2.75, 3.05) is 0 Å². The zero-order chi connectivity index (χ0) is 26.1. The normalized spacial score (nSPS) is 12.6. The average Bonchev–Trinajstić information content (AvgIpc) is 3.22. The summed E-state index contributed by atoms with van der Waals surface area (Å²) in [6, 6.07) is 17.5. The van der Waals surface area contributed by atoms with Crippen LogP contribution < -0.4 is 4.74 Å². The van der Waals surface area contributed by atoms with Gasteiger partial charge in [0.05, 0.1) is 11.0 Å². The fourth-order valence-electron chi connectivity index (χ4n) is 3.61. The van der Waals surface area contributed by atoms with Crippen LogP contribution in [-0.2, 0) is 0 Å². The van der Waals surface area contributed by atoms with E-state index in [1.807, 2.05) is 24.3 Å². The van der Waals surface area contributed by atoms with Gasteiger partial charge in [-0.15, -0.1) is 0 Å². The largest absolute Gasteiger partial charge is 0.471 e. The molecule has 4 nitrogen and oxygen atoms in total. The number of imidazole rings is 1. The van der Waals surface area contributed by atoms with E-state index in [1.165, 1.54) is 19.1 Å². The predicted octanol–water partition coefficient (Wildman–Crippen LogP) is 7.47. The summed E-state index contributed by atoms with van der Waals surface area (Å²) < 4.78 is 80.2. The van der Waals surface area contributed by atoms with Crippen LogP contribution in [0, 0.1) is 0 Å². The maximum Gasteiger partial charge on any atom is 0.434 e. The van der Waals surface area contributed by atoms with Crippen molar-refractivity contribution in [3.8, 4) is 16.9 Å². The first-order chi connectivity index (χ1) is 16.9. The number of rotatable bonds is 6. The molecule has 0 radical (unpaired) electrons. The van der Waals surface area contributed by atoms with Crippen molar-refractivity contribution < 1.29 is 35.9 Å². The van der Waals surface area contributed by atoms with Crippen LogP contribution in [0.2, 0.25) is 0 Å². The fraction of sp³-hybridized carbons (Fsp3) is 0.154. The van der Waals surface area contributed by atoms with Crippen molar-refractivity contribution in [3.63, 3.8) is 0 Å².